The fraction of sp³-hybridized carbons (Fsp3) is 0.294. The minimum absolute atomic E-state index is 0.256. The Morgan fingerprint density at radius 3 is 2.68 bits per heavy atom. The molecule has 0 aliphatic carbocycles. The van der Waals surface area contributed by atoms with Crippen LogP contribution in [0.5, 0.6) is 0 Å². The van der Waals surface area contributed by atoms with Crippen LogP contribution in [0, 0.1) is 0 Å². The van der Waals surface area contributed by atoms with Crippen molar-refractivity contribution in [1.82, 2.24) is 14.7 Å². The lowest BCUT2D eigenvalue weighted by molar-refractivity contribution is 0.192. The second-order valence-electron chi connectivity index (χ2n) is 5.55. The second kappa shape index (κ2) is 5.42. The zero-order valence-corrected chi connectivity index (χ0v) is 12.4. The van der Waals surface area contributed by atoms with Gasteiger partial charge in [-0.3, -0.25) is 0 Å². The molecule has 22 heavy (non-hydrogen) atoms. The van der Waals surface area contributed by atoms with Crippen molar-refractivity contribution in [2.75, 3.05) is 13.2 Å². The Bertz CT molecular complexity index is 770. The first-order valence-electron chi connectivity index (χ1n) is 7.46. The molecule has 0 bridgehead atoms. The van der Waals surface area contributed by atoms with Crippen LogP contribution in [-0.4, -0.2) is 27.9 Å². The van der Waals surface area contributed by atoms with E-state index in [2.05, 4.69) is 32.9 Å². The number of aromatic nitrogens is 3. The molecule has 1 aromatic carbocycles. The third-order valence-corrected chi connectivity index (χ3v) is 4.15. The van der Waals surface area contributed by atoms with E-state index in [-0.39, 0.29) is 5.92 Å². The van der Waals surface area contributed by atoms with Crippen molar-refractivity contribution in [1.29, 1.82) is 0 Å². The first-order valence-corrected chi connectivity index (χ1v) is 7.46. The van der Waals surface area contributed by atoms with E-state index in [1.807, 2.05) is 31.3 Å². The summed E-state index contributed by atoms with van der Waals surface area (Å²) >= 11 is 0. The summed E-state index contributed by atoms with van der Waals surface area (Å²) in [7, 11) is 2.01. The minimum Gasteiger partial charge on any atom is -0.381 e. The van der Waals surface area contributed by atoms with Crippen molar-refractivity contribution in [2.24, 2.45) is 7.05 Å². The predicted octanol–water partition coefficient (Wildman–Crippen LogP) is 3.25. The van der Waals surface area contributed by atoms with Crippen LogP contribution in [0.3, 0.4) is 0 Å². The van der Waals surface area contributed by atoms with Gasteiger partial charge in [0.25, 0.3) is 5.89 Å². The largest absolute Gasteiger partial charge is 0.381 e. The third-order valence-electron chi connectivity index (χ3n) is 4.15. The van der Waals surface area contributed by atoms with Gasteiger partial charge in [0.2, 0.25) is 0 Å². The molecule has 1 saturated heterocycles. The standard InChI is InChI=1S/C17H17N3O2/c1-20-14(12-5-3-2-4-6-12)7-8-15(20)17-18-16(19-22-17)13-9-10-21-11-13/h2-8,13H,9-11H2,1H3/t13-/m0/s1. The number of rotatable bonds is 3. The van der Waals surface area contributed by atoms with Crippen LogP contribution in [-0.2, 0) is 11.8 Å². The van der Waals surface area contributed by atoms with Crippen LogP contribution in [0.15, 0.2) is 47.0 Å². The summed E-state index contributed by atoms with van der Waals surface area (Å²) in [6.07, 6.45) is 0.960. The van der Waals surface area contributed by atoms with Crippen molar-refractivity contribution >= 4 is 0 Å². The highest BCUT2D eigenvalue weighted by Gasteiger charge is 2.24. The van der Waals surface area contributed by atoms with Gasteiger partial charge in [0, 0.05) is 25.3 Å². The maximum absolute atomic E-state index is 5.46. The molecule has 5 nitrogen and oxygen atoms in total. The SMILES string of the molecule is Cn1c(-c2ccccc2)ccc1-c1nc([C@H]2CCOC2)no1. The van der Waals surface area contributed by atoms with Gasteiger partial charge >= 0.3 is 0 Å². The molecule has 0 radical (unpaired) electrons. The zero-order chi connectivity index (χ0) is 14.9. The van der Waals surface area contributed by atoms with E-state index in [1.165, 1.54) is 5.56 Å². The predicted molar refractivity (Wildman–Crippen MR) is 82.3 cm³/mol. The number of nitrogens with zero attached hydrogens (tertiary/aromatic N) is 3. The van der Waals surface area contributed by atoms with Gasteiger partial charge in [0.05, 0.1) is 6.61 Å². The molecule has 1 aliphatic heterocycles. The molecule has 1 fully saturated rings. The van der Waals surface area contributed by atoms with Gasteiger partial charge in [-0.05, 0) is 24.1 Å². The van der Waals surface area contributed by atoms with E-state index >= 15 is 0 Å². The molecule has 0 N–H and O–H groups in total. The van der Waals surface area contributed by atoms with Gasteiger partial charge < -0.3 is 13.8 Å². The zero-order valence-electron chi connectivity index (χ0n) is 12.4. The van der Waals surface area contributed by atoms with Gasteiger partial charge in [-0.1, -0.05) is 35.5 Å². The molecule has 0 saturated carbocycles. The average molecular weight is 295 g/mol. The quantitative estimate of drug-likeness (QED) is 0.744. The number of benzene rings is 1. The lowest BCUT2D eigenvalue weighted by Gasteiger charge is -2.05. The average Bonchev–Trinajstić information content (AvgIpc) is 3.28. The van der Waals surface area contributed by atoms with Gasteiger partial charge in [0.1, 0.15) is 5.69 Å². The lowest BCUT2D eigenvalue weighted by atomic mass is 10.1. The Morgan fingerprint density at radius 2 is 1.91 bits per heavy atom. The van der Waals surface area contributed by atoms with Crippen molar-refractivity contribution in [2.45, 2.75) is 12.3 Å². The van der Waals surface area contributed by atoms with Crippen molar-refractivity contribution in [3.05, 3.63) is 48.3 Å². The summed E-state index contributed by atoms with van der Waals surface area (Å²) in [6, 6.07) is 14.4. The number of ether oxygens (including phenoxy) is 1. The summed E-state index contributed by atoms with van der Waals surface area (Å²) in [5.74, 6) is 1.56. The van der Waals surface area contributed by atoms with E-state index in [4.69, 9.17) is 9.26 Å². The van der Waals surface area contributed by atoms with Gasteiger partial charge in [0.15, 0.2) is 5.82 Å². The van der Waals surface area contributed by atoms with Crippen LogP contribution < -0.4 is 0 Å². The normalized spacial score (nSPS) is 18.0. The Labute approximate surface area is 128 Å². The molecule has 112 valence electrons. The lowest BCUT2D eigenvalue weighted by Crippen LogP contribution is -2.00. The summed E-state index contributed by atoms with van der Waals surface area (Å²) in [6.45, 7) is 1.46. The molecule has 5 heteroatoms. The smallest absolute Gasteiger partial charge is 0.274 e. The fourth-order valence-corrected chi connectivity index (χ4v) is 2.87. The summed E-state index contributed by atoms with van der Waals surface area (Å²) in [4.78, 5) is 4.55. The molecular formula is C17H17N3O2. The Hall–Kier alpha value is -2.40. The minimum atomic E-state index is 0.256. The molecule has 4 rings (SSSR count). The Kier molecular flexibility index (Phi) is 3.27. The van der Waals surface area contributed by atoms with Crippen molar-refractivity contribution in [3.63, 3.8) is 0 Å². The second-order valence-corrected chi connectivity index (χ2v) is 5.55. The number of hydrogen-bond donors (Lipinski definition) is 0. The molecule has 3 aromatic rings. The Balaban J connectivity index is 1.67. The fourth-order valence-electron chi connectivity index (χ4n) is 2.87. The summed E-state index contributed by atoms with van der Waals surface area (Å²) in [5.41, 5.74) is 3.22. The maximum Gasteiger partial charge on any atom is 0.274 e. The van der Waals surface area contributed by atoms with Crippen molar-refractivity contribution < 1.29 is 9.26 Å². The van der Waals surface area contributed by atoms with Crippen LogP contribution in [0.25, 0.3) is 22.8 Å². The molecular weight excluding hydrogens is 278 g/mol. The first-order chi connectivity index (χ1) is 10.8. The highest BCUT2D eigenvalue weighted by Crippen LogP contribution is 2.29. The molecule has 1 atom stereocenters. The first kappa shape index (κ1) is 13.3. The highest BCUT2D eigenvalue weighted by atomic mass is 16.5. The summed E-state index contributed by atoms with van der Waals surface area (Å²) < 4.78 is 12.9. The molecule has 2 aromatic heterocycles. The maximum atomic E-state index is 5.46. The third kappa shape index (κ3) is 2.23. The molecule has 1 aliphatic rings. The van der Waals surface area contributed by atoms with E-state index in [9.17, 15) is 0 Å². The van der Waals surface area contributed by atoms with Crippen molar-refractivity contribution in [3.8, 4) is 22.8 Å². The Morgan fingerprint density at radius 1 is 1.09 bits per heavy atom. The van der Waals surface area contributed by atoms with E-state index < -0.39 is 0 Å². The number of hydrogen-bond acceptors (Lipinski definition) is 4. The molecule has 0 spiro atoms. The van der Waals surface area contributed by atoms with Crippen LogP contribution in [0.4, 0.5) is 0 Å². The summed E-state index contributed by atoms with van der Waals surface area (Å²) in [5, 5.41) is 4.12. The van der Waals surface area contributed by atoms with Gasteiger partial charge in [-0.2, -0.15) is 4.98 Å². The molecule has 3 heterocycles. The van der Waals surface area contributed by atoms with Crippen LogP contribution >= 0.6 is 0 Å². The van der Waals surface area contributed by atoms with E-state index in [0.717, 1.165) is 30.2 Å². The highest BCUT2D eigenvalue weighted by molar-refractivity contribution is 5.65. The molecule has 0 unspecified atom stereocenters. The monoisotopic (exact) mass is 295 g/mol. The van der Waals surface area contributed by atoms with Crippen LogP contribution in [0.2, 0.25) is 0 Å². The molecule has 0 amide bonds. The van der Waals surface area contributed by atoms with E-state index in [0.29, 0.717) is 12.5 Å². The van der Waals surface area contributed by atoms with Crippen LogP contribution in [0.1, 0.15) is 18.2 Å². The van der Waals surface area contributed by atoms with Gasteiger partial charge in [-0.15, -0.1) is 0 Å². The van der Waals surface area contributed by atoms with E-state index in [1.54, 1.807) is 0 Å². The topological polar surface area (TPSA) is 53.1 Å². The van der Waals surface area contributed by atoms with Gasteiger partial charge in [-0.25, -0.2) is 0 Å².